The van der Waals surface area contributed by atoms with Crippen molar-refractivity contribution in [2.24, 2.45) is 4.99 Å². The number of likely N-dealkylation sites (tertiary alicyclic amines) is 1. The Morgan fingerprint density at radius 3 is 2.48 bits per heavy atom. The molecule has 42 heavy (non-hydrogen) atoms. The second-order valence-electron chi connectivity index (χ2n) is 11.6. The van der Waals surface area contributed by atoms with Crippen LogP contribution in [0.5, 0.6) is 0 Å². The first kappa shape index (κ1) is 29.9. The summed E-state index contributed by atoms with van der Waals surface area (Å²) in [5, 5.41) is 18.6. The summed E-state index contributed by atoms with van der Waals surface area (Å²) >= 11 is 6.07. The van der Waals surface area contributed by atoms with Gasteiger partial charge in [0, 0.05) is 48.1 Å². The molecule has 2 aromatic carbocycles. The first-order valence-corrected chi connectivity index (χ1v) is 15.1. The lowest BCUT2D eigenvalue weighted by Gasteiger charge is -2.43. The molecule has 0 radical (unpaired) electrons. The van der Waals surface area contributed by atoms with Crippen molar-refractivity contribution in [3.63, 3.8) is 0 Å². The SMILES string of the molecule is CC[C@@H]1C=C(Nc2ccc(C(=O)NC(C)CN(C)C)cc2)N=C2C(N3CCC(O)(c4ccc(Cl)cc4)CC3)=CC=CN21. The molecule has 3 heterocycles. The van der Waals surface area contributed by atoms with Crippen LogP contribution in [0.2, 0.25) is 5.02 Å². The molecule has 3 N–H and O–H groups in total. The van der Waals surface area contributed by atoms with E-state index in [1.807, 2.05) is 69.6 Å². The molecular formula is C33H41ClN6O2. The van der Waals surface area contributed by atoms with E-state index in [1.54, 1.807) is 0 Å². The number of fused-ring (bicyclic) bond motifs is 1. The number of piperidine rings is 1. The third-order valence-corrected chi connectivity index (χ3v) is 8.33. The van der Waals surface area contributed by atoms with Gasteiger partial charge in [-0.05, 0) is 100 Å². The third kappa shape index (κ3) is 6.72. The zero-order valence-corrected chi connectivity index (χ0v) is 25.6. The number of benzene rings is 2. The van der Waals surface area contributed by atoms with Crippen LogP contribution in [0.3, 0.4) is 0 Å². The van der Waals surface area contributed by atoms with Gasteiger partial charge in [-0.25, -0.2) is 4.99 Å². The van der Waals surface area contributed by atoms with Crippen molar-refractivity contribution in [1.29, 1.82) is 0 Å². The van der Waals surface area contributed by atoms with Gasteiger partial charge in [0.05, 0.1) is 17.3 Å². The minimum absolute atomic E-state index is 0.0559. The average Bonchev–Trinajstić information content (AvgIpc) is 2.97. The van der Waals surface area contributed by atoms with Gasteiger partial charge in [-0.1, -0.05) is 30.7 Å². The molecule has 0 aromatic heterocycles. The minimum atomic E-state index is -0.869. The van der Waals surface area contributed by atoms with E-state index in [9.17, 15) is 9.90 Å². The van der Waals surface area contributed by atoms with Crippen molar-refractivity contribution in [1.82, 2.24) is 20.0 Å². The first-order valence-electron chi connectivity index (χ1n) is 14.7. The number of likely N-dealkylation sites (N-methyl/N-ethyl adjacent to an activating group) is 1. The maximum atomic E-state index is 12.7. The molecule has 0 bridgehead atoms. The summed E-state index contributed by atoms with van der Waals surface area (Å²) in [6, 6.07) is 15.2. The van der Waals surface area contributed by atoms with Gasteiger partial charge in [0.15, 0.2) is 5.84 Å². The molecule has 1 saturated heterocycles. The molecule has 2 atom stereocenters. The number of aliphatic imine (C=N–C) groups is 1. The zero-order chi connectivity index (χ0) is 29.9. The lowest BCUT2D eigenvalue weighted by atomic mass is 9.84. The Kier molecular flexibility index (Phi) is 9.06. The number of rotatable bonds is 9. The van der Waals surface area contributed by atoms with E-state index < -0.39 is 5.60 Å². The number of carbonyl (C=O) groups is 1. The van der Waals surface area contributed by atoms with Gasteiger partial charge in [-0.3, -0.25) is 4.79 Å². The number of hydrogen-bond donors (Lipinski definition) is 3. The van der Waals surface area contributed by atoms with Crippen LogP contribution in [0, 0.1) is 0 Å². The average molecular weight is 589 g/mol. The molecule has 0 saturated carbocycles. The normalized spacial score (nSPS) is 20.4. The fourth-order valence-corrected chi connectivity index (χ4v) is 5.98. The number of nitrogens with one attached hydrogen (secondary N) is 2. The van der Waals surface area contributed by atoms with Crippen molar-refractivity contribution >= 4 is 29.0 Å². The molecule has 5 rings (SSSR count). The molecule has 1 fully saturated rings. The van der Waals surface area contributed by atoms with E-state index in [-0.39, 0.29) is 18.0 Å². The maximum absolute atomic E-state index is 12.7. The molecule has 1 amide bonds. The van der Waals surface area contributed by atoms with Crippen molar-refractivity contribution in [3.8, 4) is 0 Å². The summed E-state index contributed by atoms with van der Waals surface area (Å²) in [6.45, 7) is 6.38. The number of halogens is 1. The number of amidine groups is 1. The second kappa shape index (κ2) is 12.7. The summed E-state index contributed by atoms with van der Waals surface area (Å²) in [4.78, 5) is 24.3. The number of hydrogen-bond acceptors (Lipinski definition) is 7. The first-order chi connectivity index (χ1) is 20.1. The van der Waals surface area contributed by atoms with Gasteiger partial charge in [-0.2, -0.15) is 0 Å². The van der Waals surface area contributed by atoms with Crippen molar-refractivity contribution < 1.29 is 9.90 Å². The highest BCUT2D eigenvalue weighted by atomic mass is 35.5. The van der Waals surface area contributed by atoms with E-state index in [0.717, 1.165) is 41.6 Å². The fraction of sp³-hybridized carbons (Fsp3) is 0.394. The Balaban J connectivity index is 1.28. The van der Waals surface area contributed by atoms with E-state index in [4.69, 9.17) is 16.6 Å². The Bertz CT molecular complexity index is 1390. The standard InChI is InChI=1S/C33H41ClN6O2/c1-5-28-21-30(36-27-14-8-24(9-15-27)32(41)35-23(2)22-38(3)4)37-31-29(7-6-18-40(28)31)39-19-16-33(42,17-20-39)25-10-12-26(34)13-11-25/h6-15,18,21,23,28,36,42H,5,16-17,19-20,22H2,1-4H3,(H,35,41)/t23?,28-/m1/s1. The van der Waals surface area contributed by atoms with Gasteiger partial charge in [0.25, 0.3) is 5.91 Å². The van der Waals surface area contributed by atoms with E-state index in [1.165, 1.54) is 0 Å². The second-order valence-corrected chi connectivity index (χ2v) is 12.1. The molecule has 1 unspecified atom stereocenters. The predicted molar refractivity (Wildman–Crippen MR) is 170 cm³/mol. The Hall–Kier alpha value is -3.59. The van der Waals surface area contributed by atoms with Crippen LogP contribution in [0.1, 0.15) is 49.0 Å². The quantitative estimate of drug-likeness (QED) is 0.375. The zero-order valence-electron chi connectivity index (χ0n) is 24.8. The highest BCUT2D eigenvalue weighted by Crippen LogP contribution is 2.36. The van der Waals surface area contributed by atoms with E-state index >= 15 is 0 Å². The van der Waals surface area contributed by atoms with Crippen LogP contribution in [0.4, 0.5) is 5.69 Å². The summed E-state index contributed by atoms with van der Waals surface area (Å²) in [5.74, 6) is 1.60. The number of allylic oxidation sites excluding steroid dienone is 2. The smallest absolute Gasteiger partial charge is 0.251 e. The van der Waals surface area contributed by atoms with E-state index in [0.29, 0.717) is 36.5 Å². The van der Waals surface area contributed by atoms with Crippen LogP contribution in [0.15, 0.2) is 89.5 Å². The molecular weight excluding hydrogens is 548 g/mol. The number of aliphatic hydroxyl groups is 1. The highest BCUT2D eigenvalue weighted by Gasteiger charge is 2.37. The van der Waals surface area contributed by atoms with Gasteiger partial charge in [-0.15, -0.1) is 0 Å². The fourth-order valence-electron chi connectivity index (χ4n) is 5.85. The van der Waals surface area contributed by atoms with Crippen LogP contribution in [-0.2, 0) is 5.60 Å². The summed E-state index contributed by atoms with van der Waals surface area (Å²) in [7, 11) is 3.98. The van der Waals surface area contributed by atoms with E-state index in [2.05, 4.69) is 56.7 Å². The Morgan fingerprint density at radius 2 is 1.83 bits per heavy atom. The maximum Gasteiger partial charge on any atom is 0.251 e. The van der Waals surface area contributed by atoms with Gasteiger partial charge < -0.3 is 30.4 Å². The third-order valence-electron chi connectivity index (χ3n) is 8.08. The summed E-state index contributed by atoms with van der Waals surface area (Å²) in [5.41, 5.74) is 2.59. The van der Waals surface area contributed by atoms with Crippen LogP contribution in [-0.4, -0.2) is 77.4 Å². The van der Waals surface area contributed by atoms with Crippen molar-refractivity contribution in [2.75, 3.05) is 39.0 Å². The summed E-state index contributed by atoms with van der Waals surface area (Å²) < 4.78 is 0. The lowest BCUT2D eigenvalue weighted by Crippen LogP contribution is -2.48. The molecule has 3 aliphatic rings. The molecule has 8 nitrogen and oxygen atoms in total. The number of carbonyl (C=O) groups excluding carboxylic acids is 1. The monoisotopic (exact) mass is 588 g/mol. The van der Waals surface area contributed by atoms with Crippen LogP contribution < -0.4 is 10.6 Å². The highest BCUT2D eigenvalue weighted by molar-refractivity contribution is 6.30. The lowest BCUT2D eigenvalue weighted by molar-refractivity contribution is -0.0176. The molecule has 0 aliphatic carbocycles. The van der Waals surface area contributed by atoms with Crippen LogP contribution >= 0.6 is 11.6 Å². The number of amides is 1. The number of anilines is 1. The minimum Gasteiger partial charge on any atom is -0.385 e. The molecule has 222 valence electrons. The number of nitrogens with zero attached hydrogens (tertiary/aromatic N) is 4. The van der Waals surface area contributed by atoms with Gasteiger partial charge in [0.2, 0.25) is 0 Å². The molecule has 3 aliphatic heterocycles. The predicted octanol–water partition coefficient (Wildman–Crippen LogP) is 5.16. The topological polar surface area (TPSA) is 83.4 Å². The van der Waals surface area contributed by atoms with Gasteiger partial charge >= 0.3 is 0 Å². The van der Waals surface area contributed by atoms with Crippen molar-refractivity contribution in [3.05, 3.63) is 101 Å². The molecule has 2 aromatic rings. The Morgan fingerprint density at radius 1 is 1.14 bits per heavy atom. The van der Waals surface area contributed by atoms with Crippen molar-refractivity contribution in [2.45, 2.75) is 50.8 Å². The van der Waals surface area contributed by atoms with Gasteiger partial charge in [0.1, 0.15) is 5.82 Å². The summed E-state index contributed by atoms with van der Waals surface area (Å²) in [6.07, 6.45) is 10.6. The Labute approximate surface area is 254 Å². The molecule has 9 heteroatoms. The molecule has 0 spiro atoms. The van der Waals surface area contributed by atoms with Crippen LogP contribution in [0.25, 0.3) is 0 Å². The largest absolute Gasteiger partial charge is 0.385 e.